The maximum Gasteiger partial charge on any atom is 0.419 e. The van der Waals surface area contributed by atoms with Crippen LogP contribution in [-0.4, -0.2) is 17.5 Å². The van der Waals surface area contributed by atoms with Gasteiger partial charge in [-0.1, -0.05) is 24.3 Å². The minimum Gasteiger partial charge on any atom is -0.410 e. The Labute approximate surface area is 94.6 Å². The summed E-state index contributed by atoms with van der Waals surface area (Å²) >= 11 is 0. The summed E-state index contributed by atoms with van der Waals surface area (Å²) < 4.78 is 5.24. The van der Waals surface area contributed by atoms with E-state index in [4.69, 9.17) is 4.74 Å². The number of aryl methyl sites for hydroxylation is 1. The Morgan fingerprint density at radius 1 is 1.38 bits per heavy atom. The van der Waals surface area contributed by atoms with Gasteiger partial charge in [0.25, 0.3) is 0 Å². The van der Waals surface area contributed by atoms with Gasteiger partial charge in [-0.15, -0.1) is 0 Å². The van der Waals surface area contributed by atoms with Gasteiger partial charge in [0.15, 0.2) is 0 Å². The number of carbonyl (C=O) groups is 1. The van der Waals surface area contributed by atoms with Gasteiger partial charge in [-0.2, -0.15) is 0 Å². The highest BCUT2D eigenvalue weighted by atomic mass is 16.6. The lowest BCUT2D eigenvalue weighted by Gasteiger charge is -2.17. The van der Waals surface area contributed by atoms with Crippen molar-refractivity contribution < 1.29 is 9.53 Å². The number of benzene rings is 1. The zero-order valence-corrected chi connectivity index (χ0v) is 9.09. The molecule has 16 heavy (non-hydrogen) atoms. The molecule has 3 heteroatoms. The van der Waals surface area contributed by atoms with Gasteiger partial charge in [0.2, 0.25) is 0 Å². The molecule has 0 aliphatic carbocycles. The van der Waals surface area contributed by atoms with Crippen LogP contribution in [0.1, 0.15) is 5.56 Å². The van der Waals surface area contributed by atoms with Gasteiger partial charge in [-0.05, 0) is 30.7 Å². The Bertz CT molecular complexity index is 449. The second kappa shape index (κ2) is 4.66. The lowest BCUT2D eigenvalue weighted by molar-refractivity contribution is 0.173. The van der Waals surface area contributed by atoms with Crippen molar-refractivity contribution in [1.29, 1.82) is 0 Å². The molecule has 0 saturated heterocycles. The van der Waals surface area contributed by atoms with Gasteiger partial charge in [0.05, 0.1) is 0 Å². The molecule has 3 nitrogen and oxygen atoms in total. The first-order valence-corrected chi connectivity index (χ1v) is 5.14. The third-order valence-electron chi connectivity index (χ3n) is 2.24. The van der Waals surface area contributed by atoms with E-state index in [1.54, 1.807) is 18.3 Å². The second-order valence-electron chi connectivity index (χ2n) is 3.61. The summed E-state index contributed by atoms with van der Waals surface area (Å²) in [6, 6.07) is 7.43. The molecule has 1 aliphatic heterocycles. The molecule has 0 N–H and O–H groups in total. The highest BCUT2D eigenvalue weighted by Gasteiger charge is 2.12. The highest BCUT2D eigenvalue weighted by Crippen LogP contribution is 2.14. The van der Waals surface area contributed by atoms with Crippen molar-refractivity contribution in [2.45, 2.75) is 6.92 Å². The molecule has 0 fully saturated rings. The van der Waals surface area contributed by atoms with E-state index in [0.717, 1.165) is 5.56 Å². The molecule has 0 spiro atoms. The number of rotatable bonds is 1. The lowest BCUT2D eigenvalue weighted by atomic mass is 10.2. The van der Waals surface area contributed by atoms with E-state index in [1.165, 1.54) is 4.90 Å². The summed E-state index contributed by atoms with van der Waals surface area (Å²) in [6.45, 7) is 2.52. The number of hydrogen-bond donors (Lipinski definition) is 0. The van der Waals surface area contributed by atoms with Crippen LogP contribution in [-0.2, 0) is 0 Å². The minimum absolute atomic E-state index is 0.355. The summed E-state index contributed by atoms with van der Waals surface area (Å²) in [5.41, 5.74) is 1.07. The Kier molecular flexibility index (Phi) is 3.05. The number of hydrogen-bond acceptors (Lipinski definition) is 2. The number of ether oxygens (including phenoxy) is 1. The van der Waals surface area contributed by atoms with Crippen LogP contribution < -0.4 is 4.74 Å². The lowest BCUT2D eigenvalue weighted by Crippen LogP contribution is -2.29. The monoisotopic (exact) mass is 215 g/mol. The van der Waals surface area contributed by atoms with Crippen LogP contribution in [0.5, 0.6) is 5.75 Å². The van der Waals surface area contributed by atoms with Crippen molar-refractivity contribution >= 4 is 6.09 Å². The van der Waals surface area contributed by atoms with Gasteiger partial charge in [-0.25, -0.2) is 4.79 Å². The molecule has 1 aromatic carbocycles. The summed E-state index contributed by atoms with van der Waals surface area (Å²) in [5, 5.41) is 0. The van der Waals surface area contributed by atoms with Crippen LogP contribution in [0.2, 0.25) is 0 Å². The summed E-state index contributed by atoms with van der Waals surface area (Å²) in [6.07, 6.45) is 6.96. The fraction of sp³-hybridized carbons (Fsp3) is 0.154. The number of allylic oxidation sites excluding steroid dienone is 2. The normalized spacial score (nSPS) is 13.9. The van der Waals surface area contributed by atoms with Crippen LogP contribution in [0.4, 0.5) is 4.79 Å². The quantitative estimate of drug-likeness (QED) is 0.720. The molecule has 1 aromatic rings. The first-order chi connectivity index (χ1) is 7.75. The van der Waals surface area contributed by atoms with Crippen molar-refractivity contribution in [2.24, 2.45) is 0 Å². The molecule has 1 aliphatic rings. The zero-order valence-electron chi connectivity index (χ0n) is 9.09. The molecule has 0 bridgehead atoms. The average molecular weight is 215 g/mol. The Morgan fingerprint density at radius 2 is 2.25 bits per heavy atom. The van der Waals surface area contributed by atoms with Gasteiger partial charge in [0, 0.05) is 12.7 Å². The molecule has 2 rings (SSSR count). The number of nitrogens with zero attached hydrogens (tertiary/aromatic N) is 1. The SMILES string of the molecule is Cc1cccc(OC(=O)N2C=CC=CC2)c1. The molecule has 0 aromatic heterocycles. The number of amides is 1. The number of carbonyl (C=O) groups excluding carboxylic acids is 1. The van der Waals surface area contributed by atoms with Crippen molar-refractivity contribution in [2.75, 3.05) is 6.54 Å². The van der Waals surface area contributed by atoms with Crippen LogP contribution in [0.15, 0.2) is 48.7 Å². The Balaban J connectivity index is 2.02. The van der Waals surface area contributed by atoms with Crippen molar-refractivity contribution in [1.82, 2.24) is 4.90 Å². The van der Waals surface area contributed by atoms with Gasteiger partial charge in [-0.3, -0.25) is 4.90 Å². The van der Waals surface area contributed by atoms with E-state index in [0.29, 0.717) is 12.3 Å². The second-order valence-corrected chi connectivity index (χ2v) is 3.61. The van der Waals surface area contributed by atoms with Crippen LogP contribution >= 0.6 is 0 Å². The molecular formula is C13H13NO2. The molecule has 82 valence electrons. The van der Waals surface area contributed by atoms with Crippen LogP contribution in [0.25, 0.3) is 0 Å². The molecular weight excluding hydrogens is 202 g/mol. The van der Waals surface area contributed by atoms with E-state index in [9.17, 15) is 4.79 Å². The highest BCUT2D eigenvalue weighted by molar-refractivity contribution is 5.72. The maximum atomic E-state index is 11.7. The Hall–Kier alpha value is -2.03. The summed E-state index contributed by atoms with van der Waals surface area (Å²) in [5.74, 6) is 0.577. The topological polar surface area (TPSA) is 29.5 Å². The van der Waals surface area contributed by atoms with Crippen molar-refractivity contribution in [3.8, 4) is 5.75 Å². The van der Waals surface area contributed by atoms with Crippen molar-refractivity contribution in [3.63, 3.8) is 0 Å². The molecule has 1 amide bonds. The molecule has 0 saturated carbocycles. The Morgan fingerprint density at radius 3 is 2.94 bits per heavy atom. The van der Waals surface area contributed by atoms with E-state index in [1.807, 2.05) is 37.3 Å². The fourth-order valence-electron chi connectivity index (χ4n) is 1.44. The molecule has 0 radical (unpaired) electrons. The van der Waals surface area contributed by atoms with Crippen LogP contribution in [0.3, 0.4) is 0 Å². The summed E-state index contributed by atoms with van der Waals surface area (Å²) in [7, 11) is 0. The van der Waals surface area contributed by atoms with Gasteiger partial charge >= 0.3 is 6.09 Å². The molecule has 1 heterocycles. The van der Waals surface area contributed by atoms with E-state index in [-0.39, 0.29) is 6.09 Å². The average Bonchev–Trinajstić information content (AvgIpc) is 2.30. The zero-order chi connectivity index (χ0) is 11.4. The minimum atomic E-state index is -0.355. The van der Waals surface area contributed by atoms with E-state index >= 15 is 0 Å². The van der Waals surface area contributed by atoms with Crippen molar-refractivity contribution in [3.05, 3.63) is 54.3 Å². The largest absolute Gasteiger partial charge is 0.419 e. The third kappa shape index (κ3) is 2.51. The summed E-state index contributed by atoms with van der Waals surface area (Å²) in [4.78, 5) is 13.2. The van der Waals surface area contributed by atoms with E-state index < -0.39 is 0 Å². The molecule has 0 atom stereocenters. The van der Waals surface area contributed by atoms with Gasteiger partial charge < -0.3 is 4.74 Å². The predicted molar refractivity (Wildman–Crippen MR) is 62.2 cm³/mol. The van der Waals surface area contributed by atoms with E-state index in [2.05, 4.69) is 0 Å². The first kappa shape index (κ1) is 10.5. The predicted octanol–water partition coefficient (Wildman–Crippen LogP) is 2.88. The van der Waals surface area contributed by atoms with Crippen LogP contribution in [0, 0.1) is 6.92 Å². The standard InChI is InChI=1S/C13H13NO2/c1-11-6-5-7-12(10-11)16-13(15)14-8-3-2-4-9-14/h2-8,10H,9H2,1H3. The molecule has 0 unspecified atom stereocenters. The first-order valence-electron chi connectivity index (χ1n) is 5.14. The maximum absolute atomic E-state index is 11.7. The van der Waals surface area contributed by atoms with Gasteiger partial charge in [0.1, 0.15) is 5.75 Å². The fourth-order valence-corrected chi connectivity index (χ4v) is 1.44. The third-order valence-corrected chi connectivity index (χ3v) is 2.24. The smallest absolute Gasteiger partial charge is 0.410 e.